The summed E-state index contributed by atoms with van der Waals surface area (Å²) in [7, 11) is 0. The van der Waals surface area contributed by atoms with E-state index in [0.29, 0.717) is 12.3 Å². The van der Waals surface area contributed by atoms with E-state index < -0.39 is 5.92 Å². The van der Waals surface area contributed by atoms with Gasteiger partial charge in [-0.1, -0.05) is 30.3 Å². The van der Waals surface area contributed by atoms with Crippen molar-refractivity contribution in [3.63, 3.8) is 0 Å². The van der Waals surface area contributed by atoms with E-state index in [-0.39, 0.29) is 17.7 Å². The summed E-state index contributed by atoms with van der Waals surface area (Å²) in [6.07, 6.45) is 1.78. The molecule has 0 bridgehead atoms. The SMILES string of the molecule is C/C(=N\NC(=O)C1C(=O)NCC1c1ccccc1)c1ccc[nH]1. The molecule has 3 rings (SSSR count). The summed E-state index contributed by atoms with van der Waals surface area (Å²) < 4.78 is 0. The van der Waals surface area contributed by atoms with Crippen molar-refractivity contribution in [3.05, 3.63) is 59.9 Å². The molecule has 2 atom stereocenters. The Labute approximate surface area is 134 Å². The Morgan fingerprint density at radius 3 is 2.70 bits per heavy atom. The van der Waals surface area contributed by atoms with E-state index in [2.05, 4.69) is 20.8 Å². The lowest BCUT2D eigenvalue weighted by Gasteiger charge is -2.15. The summed E-state index contributed by atoms with van der Waals surface area (Å²) in [5.41, 5.74) is 4.95. The second kappa shape index (κ2) is 6.48. The van der Waals surface area contributed by atoms with Gasteiger partial charge in [-0.25, -0.2) is 5.43 Å². The van der Waals surface area contributed by atoms with Crippen LogP contribution in [0.4, 0.5) is 0 Å². The van der Waals surface area contributed by atoms with Gasteiger partial charge >= 0.3 is 0 Å². The monoisotopic (exact) mass is 310 g/mol. The predicted molar refractivity (Wildman–Crippen MR) is 86.8 cm³/mol. The lowest BCUT2D eigenvalue weighted by Crippen LogP contribution is -2.35. The zero-order valence-electron chi connectivity index (χ0n) is 12.7. The molecule has 1 aliphatic rings. The van der Waals surface area contributed by atoms with Gasteiger partial charge in [-0.05, 0) is 24.6 Å². The van der Waals surface area contributed by atoms with E-state index in [9.17, 15) is 9.59 Å². The van der Waals surface area contributed by atoms with Crippen LogP contribution in [0, 0.1) is 5.92 Å². The van der Waals surface area contributed by atoms with Crippen molar-refractivity contribution in [1.29, 1.82) is 0 Å². The molecule has 1 aromatic carbocycles. The minimum atomic E-state index is -0.766. The van der Waals surface area contributed by atoms with Crippen molar-refractivity contribution in [3.8, 4) is 0 Å². The van der Waals surface area contributed by atoms with Crippen LogP contribution in [0.3, 0.4) is 0 Å². The number of H-pyrrole nitrogens is 1. The highest BCUT2D eigenvalue weighted by molar-refractivity contribution is 6.04. The van der Waals surface area contributed by atoms with Crippen LogP contribution < -0.4 is 10.7 Å². The molecule has 6 heteroatoms. The van der Waals surface area contributed by atoms with Crippen molar-refractivity contribution in [2.75, 3.05) is 6.54 Å². The number of rotatable bonds is 4. The lowest BCUT2D eigenvalue weighted by atomic mass is 9.88. The van der Waals surface area contributed by atoms with E-state index in [1.54, 1.807) is 13.1 Å². The minimum Gasteiger partial charge on any atom is -0.360 e. The van der Waals surface area contributed by atoms with Crippen LogP contribution in [0.5, 0.6) is 0 Å². The molecule has 1 fully saturated rings. The maximum Gasteiger partial charge on any atom is 0.253 e. The maximum atomic E-state index is 12.4. The van der Waals surface area contributed by atoms with Crippen LogP contribution in [-0.4, -0.2) is 29.1 Å². The van der Waals surface area contributed by atoms with Crippen LogP contribution in [-0.2, 0) is 9.59 Å². The Kier molecular flexibility index (Phi) is 4.23. The second-order valence-corrected chi connectivity index (χ2v) is 5.50. The highest BCUT2D eigenvalue weighted by Gasteiger charge is 2.40. The normalized spacial score (nSPS) is 21.1. The van der Waals surface area contributed by atoms with Crippen molar-refractivity contribution in [1.82, 2.24) is 15.7 Å². The second-order valence-electron chi connectivity index (χ2n) is 5.50. The van der Waals surface area contributed by atoms with E-state index in [1.165, 1.54) is 0 Å². The molecule has 2 amide bonds. The van der Waals surface area contributed by atoms with Gasteiger partial charge in [-0.3, -0.25) is 9.59 Å². The van der Waals surface area contributed by atoms with Crippen molar-refractivity contribution in [2.24, 2.45) is 11.0 Å². The summed E-state index contributed by atoms with van der Waals surface area (Å²) in [6, 6.07) is 13.3. The molecular weight excluding hydrogens is 292 g/mol. The summed E-state index contributed by atoms with van der Waals surface area (Å²) in [5.74, 6) is -1.59. The van der Waals surface area contributed by atoms with E-state index in [4.69, 9.17) is 0 Å². The Hall–Kier alpha value is -2.89. The number of aromatic amines is 1. The zero-order valence-corrected chi connectivity index (χ0v) is 12.7. The summed E-state index contributed by atoms with van der Waals surface area (Å²) in [5, 5.41) is 6.84. The molecule has 2 aromatic rings. The Bertz CT molecular complexity index is 722. The van der Waals surface area contributed by atoms with E-state index >= 15 is 0 Å². The molecule has 0 spiro atoms. The standard InChI is InChI=1S/C17H18N4O2/c1-11(14-8-5-9-18-14)20-21-17(23)15-13(10-19-16(15)22)12-6-3-2-4-7-12/h2-9,13,15,18H,10H2,1H3,(H,19,22)(H,21,23)/b20-11+. The van der Waals surface area contributed by atoms with Crippen molar-refractivity contribution >= 4 is 17.5 Å². The largest absolute Gasteiger partial charge is 0.360 e. The lowest BCUT2D eigenvalue weighted by molar-refractivity contribution is -0.133. The summed E-state index contributed by atoms with van der Waals surface area (Å²) in [6.45, 7) is 2.25. The van der Waals surface area contributed by atoms with Gasteiger partial charge in [-0.15, -0.1) is 0 Å². The number of benzene rings is 1. The van der Waals surface area contributed by atoms with Crippen LogP contribution in [0.2, 0.25) is 0 Å². The average Bonchev–Trinajstić information content (AvgIpc) is 3.23. The highest BCUT2D eigenvalue weighted by Crippen LogP contribution is 2.28. The zero-order chi connectivity index (χ0) is 16.2. The first-order valence-electron chi connectivity index (χ1n) is 7.47. The molecule has 0 aliphatic carbocycles. The molecule has 0 radical (unpaired) electrons. The number of nitrogens with zero attached hydrogens (tertiary/aromatic N) is 1. The number of hydrogen-bond acceptors (Lipinski definition) is 3. The Morgan fingerprint density at radius 2 is 2.00 bits per heavy atom. The molecule has 1 saturated heterocycles. The van der Waals surface area contributed by atoms with Crippen LogP contribution in [0.1, 0.15) is 24.1 Å². The number of hydrazone groups is 1. The van der Waals surface area contributed by atoms with E-state index in [1.807, 2.05) is 42.5 Å². The third-order valence-corrected chi connectivity index (χ3v) is 4.01. The van der Waals surface area contributed by atoms with Crippen LogP contribution in [0.15, 0.2) is 53.8 Å². The van der Waals surface area contributed by atoms with E-state index in [0.717, 1.165) is 11.3 Å². The Morgan fingerprint density at radius 1 is 1.22 bits per heavy atom. The molecule has 23 heavy (non-hydrogen) atoms. The molecule has 1 aliphatic heterocycles. The minimum absolute atomic E-state index is 0.176. The van der Waals surface area contributed by atoms with Gasteiger partial charge in [0.15, 0.2) is 0 Å². The smallest absolute Gasteiger partial charge is 0.253 e. The maximum absolute atomic E-state index is 12.4. The van der Waals surface area contributed by atoms with Crippen LogP contribution in [0.25, 0.3) is 0 Å². The van der Waals surface area contributed by atoms with Gasteiger partial charge in [0.25, 0.3) is 5.91 Å². The molecule has 0 saturated carbocycles. The first-order chi connectivity index (χ1) is 11.2. The number of aromatic nitrogens is 1. The summed E-state index contributed by atoms with van der Waals surface area (Å²) >= 11 is 0. The number of amides is 2. The third-order valence-electron chi connectivity index (χ3n) is 4.01. The third kappa shape index (κ3) is 3.15. The Balaban J connectivity index is 1.74. The molecular formula is C17H18N4O2. The van der Waals surface area contributed by atoms with Crippen molar-refractivity contribution in [2.45, 2.75) is 12.8 Å². The highest BCUT2D eigenvalue weighted by atomic mass is 16.2. The van der Waals surface area contributed by atoms with Gasteiger partial charge in [0.05, 0.1) is 11.4 Å². The van der Waals surface area contributed by atoms with Crippen LogP contribution >= 0.6 is 0 Å². The van der Waals surface area contributed by atoms with Gasteiger partial charge in [0, 0.05) is 18.7 Å². The fourth-order valence-corrected chi connectivity index (χ4v) is 2.76. The fraction of sp³-hybridized carbons (Fsp3) is 0.235. The molecule has 6 nitrogen and oxygen atoms in total. The van der Waals surface area contributed by atoms with Gasteiger partial charge in [0.1, 0.15) is 5.92 Å². The fourth-order valence-electron chi connectivity index (χ4n) is 2.76. The molecule has 1 aromatic heterocycles. The number of hydrogen-bond donors (Lipinski definition) is 3. The van der Waals surface area contributed by atoms with Gasteiger partial charge in [0.2, 0.25) is 5.91 Å². The van der Waals surface area contributed by atoms with Crippen molar-refractivity contribution < 1.29 is 9.59 Å². The van der Waals surface area contributed by atoms with Gasteiger partial charge in [-0.2, -0.15) is 5.10 Å². The molecule has 2 unspecified atom stereocenters. The molecule has 2 heterocycles. The number of carbonyl (C=O) groups is 2. The predicted octanol–water partition coefficient (Wildman–Crippen LogP) is 1.38. The quantitative estimate of drug-likeness (QED) is 0.453. The number of nitrogens with one attached hydrogen (secondary N) is 3. The molecule has 3 N–H and O–H groups in total. The van der Waals surface area contributed by atoms with Gasteiger partial charge < -0.3 is 10.3 Å². The summed E-state index contributed by atoms with van der Waals surface area (Å²) in [4.78, 5) is 27.5. The topological polar surface area (TPSA) is 86.3 Å². The average molecular weight is 310 g/mol. The number of carbonyl (C=O) groups excluding carboxylic acids is 2. The molecule has 118 valence electrons. The first kappa shape index (κ1) is 15.0. The first-order valence-corrected chi connectivity index (χ1v) is 7.47.